The van der Waals surface area contributed by atoms with Crippen molar-refractivity contribution in [2.24, 2.45) is 22.7 Å². The van der Waals surface area contributed by atoms with Crippen LogP contribution < -0.4 is 0 Å². The smallest absolute Gasteiger partial charge is 0.0993 e. The van der Waals surface area contributed by atoms with Crippen molar-refractivity contribution in [1.82, 2.24) is 19.9 Å². The van der Waals surface area contributed by atoms with Crippen molar-refractivity contribution in [2.75, 3.05) is 0 Å². The fraction of sp³-hybridized carbons (Fsp3) is 0.184. The molecule has 0 bridgehead atoms. The van der Waals surface area contributed by atoms with Crippen molar-refractivity contribution < 1.29 is 0 Å². The van der Waals surface area contributed by atoms with Crippen LogP contribution in [-0.2, 0) is 0 Å². The molecule has 5 heteroatoms. The van der Waals surface area contributed by atoms with Gasteiger partial charge in [-0.15, -0.1) is 0 Å². The Morgan fingerprint density at radius 1 is 0.698 bits per heavy atom. The number of allylic oxidation sites excluding steroid dienone is 2. The zero-order chi connectivity index (χ0) is 28.7. The van der Waals surface area contributed by atoms with Crippen LogP contribution in [0.4, 0.5) is 0 Å². The topological polar surface area (TPSA) is 63.9 Å². The molecule has 2 aliphatic carbocycles. The fourth-order valence-electron chi connectivity index (χ4n) is 7.33. The van der Waals surface area contributed by atoms with Crippen molar-refractivity contribution in [2.45, 2.75) is 25.8 Å². The van der Waals surface area contributed by atoms with Crippen LogP contribution >= 0.6 is 0 Å². The Labute approximate surface area is 249 Å². The van der Waals surface area contributed by atoms with Gasteiger partial charge in [0.05, 0.1) is 39.7 Å². The van der Waals surface area contributed by atoms with E-state index in [0.717, 1.165) is 50.0 Å². The standard InChI is InChI=1S/C38H29N5/c1-21-28-12-9-24-5-6-26-11-14-31(42-36(26)34(24)33(21)28)35-22(2)29(23-15-18-39-19-16-23)20-32(43-35)30-13-10-27-8-7-25-4-3-17-40-37(25)38(27)41-30/h3-22,28,33,35H,1-2H3. The van der Waals surface area contributed by atoms with Crippen LogP contribution in [0.25, 0.3) is 44.4 Å². The van der Waals surface area contributed by atoms with Crippen molar-refractivity contribution >= 4 is 50.1 Å². The first kappa shape index (κ1) is 24.6. The minimum Gasteiger partial charge on any atom is -0.273 e. The molecule has 9 rings (SSSR count). The van der Waals surface area contributed by atoms with Gasteiger partial charge in [0.1, 0.15) is 0 Å². The van der Waals surface area contributed by atoms with Crippen LogP contribution in [0.3, 0.4) is 0 Å². The number of aromatic nitrogens is 4. The van der Waals surface area contributed by atoms with Gasteiger partial charge in [-0.3, -0.25) is 19.9 Å². The SMILES string of the molecule is CC1C(c2ccncc2)=CC(c2ccc3ccc4cccnc4c3n2)=NC1c1ccc2ccc3c(c2n1)C1C(C)C1C=C3. The molecule has 2 aromatic carbocycles. The van der Waals surface area contributed by atoms with Gasteiger partial charge in [0, 0.05) is 40.7 Å². The summed E-state index contributed by atoms with van der Waals surface area (Å²) in [5.74, 6) is 1.98. The van der Waals surface area contributed by atoms with Crippen LogP contribution in [0.2, 0.25) is 0 Å². The first-order valence-electron chi connectivity index (χ1n) is 15.1. The van der Waals surface area contributed by atoms with E-state index in [1.54, 1.807) is 0 Å². The summed E-state index contributed by atoms with van der Waals surface area (Å²) >= 11 is 0. The molecule has 0 amide bonds. The number of hydrogen-bond acceptors (Lipinski definition) is 5. The highest BCUT2D eigenvalue weighted by molar-refractivity contribution is 6.14. The molecule has 0 saturated heterocycles. The highest BCUT2D eigenvalue weighted by atomic mass is 14.9. The Hall–Kier alpha value is -5.03. The summed E-state index contributed by atoms with van der Waals surface area (Å²) in [6.45, 7) is 4.62. The minimum atomic E-state index is -0.155. The summed E-state index contributed by atoms with van der Waals surface area (Å²) in [6.07, 6.45) is 12.4. The normalized spacial score (nSPS) is 24.0. The Morgan fingerprint density at radius 2 is 1.47 bits per heavy atom. The lowest BCUT2D eigenvalue weighted by atomic mass is 9.83. The lowest BCUT2D eigenvalue weighted by molar-refractivity contribution is 0.566. The van der Waals surface area contributed by atoms with E-state index in [9.17, 15) is 0 Å². The second-order valence-corrected chi connectivity index (χ2v) is 12.2. The molecule has 1 aliphatic heterocycles. The van der Waals surface area contributed by atoms with E-state index in [1.165, 1.54) is 22.1 Å². The maximum atomic E-state index is 5.41. The highest BCUT2D eigenvalue weighted by Gasteiger charge is 2.49. The Bertz CT molecular complexity index is 2200. The molecular formula is C38H29N5. The number of nitrogens with zero attached hydrogens (tertiary/aromatic N) is 5. The van der Waals surface area contributed by atoms with E-state index in [2.05, 4.69) is 109 Å². The molecule has 4 aromatic heterocycles. The van der Waals surface area contributed by atoms with Gasteiger partial charge in [-0.1, -0.05) is 68.5 Å². The van der Waals surface area contributed by atoms with Gasteiger partial charge in [0.25, 0.3) is 0 Å². The molecule has 5 atom stereocenters. The van der Waals surface area contributed by atoms with Gasteiger partial charge in [0.15, 0.2) is 0 Å². The molecule has 1 fully saturated rings. The second kappa shape index (κ2) is 9.23. The summed E-state index contributed by atoms with van der Waals surface area (Å²) in [5.41, 5.74) is 10.7. The van der Waals surface area contributed by atoms with Crippen molar-refractivity contribution in [3.63, 3.8) is 0 Å². The average Bonchev–Trinajstić information content (AvgIpc) is 3.74. The maximum Gasteiger partial charge on any atom is 0.0993 e. The molecule has 0 radical (unpaired) electrons. The molecule has 43 heavy (non-hydrogen) atoms. The molecule has 206 valence electrons. The van der Waals surface area contributed by atoms with E-state index in [4.69, 9.17) is 15.0 Å². The Morgan fingerprint density at radius 3 is 2.35 bits per heavy atom. The average molecular weight is 556 g/mol. The summed E-state index contributed by atoms with van der Waals surface area (Å²) < 4.78 is 0. The van der Waals surface area contributed by atoms with E-state index in [-0.39, 0.29) is 12.0 Å². The van der Waals surface area contributed by atoms with Crippen molar-refractivity contribution in [3.05, 3.63) is 132 Å². The number of pyridine rings is 4. The summed E-state index contributed by atoms with van der Waals surface area (Å²) in [5, 5.41) is 3.34. The fourth-order valence-corrected chi connectivity index (χ4v) is 7.33. The molecule has 3 aliphatic rings. The largest absolute Gasteiger partial charge is 0.273 e. The first-order chi connectivity index (χ1) is 21.1. The number of rotatable bonds is 3. The van der Waals surface area contributed by atoms with Crippen molar-refractivity contribution in [3.8, 4) is 0 Å². The van der Waals surface area contributed by atoms with Gasteiger partial charge in [-0.25, -0.2) is 4.98 Å². The van der Waals surface area contributed by atoms with Crippen LogP contribution in [0.1, 0.15) is 53.9 Å². The molecule has 5 heterocycles. The van der Waals surface area contributed by atoms with Gasteiger partial charge >= 0.3 is 0 Å². The minimum absolute atomic E-state index is 0.117. The number of fused-ring (bicyclic) bond motifs is 8. The molecular weight excluding hydrogens is 526 g/mol. The van der Waals surface area contributed by atoms with Gasteiger partial charge < -0.3 is 0 Å². The van der Waals surface area contributed by atoms with Crippen LogP contribution in [0, 0.1) is 17.8 Å². The molecule has 0 N–H and O–H groups in total. The predicted molar refractivity (Wildman–Crippen MR) is 174 cm³/mol. The number of hydrogen-bond donors (Lipinski definition) is 0. The lowest BCUT2D eigenvalue weighted by Crippen LogP contribution is -2.20. The number of benzene rings is 2. The second-order valence-electron chi connectivity index (χ2n) is 12.2. The number of dihydropyridines is 1. The Kier molecular flexibility index (Phi) is 5.27. The van der Waals surface area contributed by atoms with Crippen molar-refractivity contribution in [1.29, 1.82) is 0 Å². The van der Waals surface area contributed by atoms with Gasteiger partial charge in [0.2, 0.25) is 0 Å². The summed E-state index contributed by atoms with van der Waals surface area (Å²) in [6, 6.07) is 25.3. The summed E-state index contributed by atoms with van der Waals surface area (Å²) in [4.78, 5) is 24.9. The highest BCUT2D eigenvalue weighted by Crippen LogP contribution is 2.59. The summed E-state index contributed by atoms with van der Waals surface area (Å²) in [7, 11) is 0. The zero-order valence-corrected chi connectivity index (χ0v) is 24.0. The van der Waals surface area contributed by atoms with Crippen LogP contribution in [-0.4, -0.2) is 25.6 Å². The quantitative estimate of drug-likeness (QED) is 0.206. The van der Waals surface area contributed by atoms with Crippen LogP contribution in [0.5, 0.6) is 0 Å². The van der Waals surface area contributed by atoms with E-state index >= 15 is 0 Å². The Balaban J connectivity index is 1.23. The third-order valence-corrected chi connectivity index (χ3v) is 9.78. The van der Waals surface area contributed by atoms with E-state index in [1.807, 2.05) is 24.7 Å². The third kappa shape index (κ3) is 3.81. The molecule has 1 saturated carbocycles. The number of aliphatic imine (C=N–C) groups is 1. The molecule has 5 unspecified atom stereocenters. The van der Waals surface area contributed by atoms with E-state index < -0.39 is 0 Å². The van der Waals surface area contributed by atoms with Crippen LogP contribution in [0.15, 0.2) is 109 Å². The molecule has 5 nitrogen and oxygen atoms in total. The van der Waals surface area contributed by atoms with Gasteiger partial charge in [-0.05, 0) is 76.4 Å². The monoisotopic (exact) mass is 555 g/mol. The third-order valence-electron chi connectivity index (χ3n) is 9.78. The first-order valence-corrected chi connectivity index (χ1v) is 15.1. The molecule has 0 spiro atoms. The van der Waals surface area contributed by atoms with E-state index in [0.29, 0.717) is 17.8 Å². The molecule has 6 aromatic rings. The lowest BCUT2D eigenvalue weighted by Gasteiger charge is -2.28. The maximum absolute atomic E-state index is 5.41. The van der Waals surface area contributed by atoms with Gasteiger partial charge in [-0.2, -0.15) is 0 Å². The predicted octanol–water partition coefficient (Wildman–Crippen LogP) is 8.37. The zero-order valence-electron chi connectivity index (χ0n) is 24.0.